The molecule has 0 aromatic carbocycles. The third-order valence-electron chi connectivity index (χ3n) is 2.47. The zero-order valence-electron chi connectivity index (χ0n) is 9.06. The summed E-state index contributed by atoms with van der Waals surface area (Å²) in [6.07, 6.45) is 0.621. The summed E-state index contributed by atoms with van der Waals surface area (Å²) in [5.41, 5.74) is 0. The van der Waals surface area contributed by atoms with Crippen LogP contribution in [0.25, 0.3) is 0 Å². The van der Waals surface area contributed by atoms with Crippen molar-refractivity contribution in [2.24, 2.45) is 0 Å². The molecule has 1 N–H and O–H groups in total. The summed E-state index contributed by atoms with van der Waals surface area (Å²) in [5.74, 6) is 0.232. The van der Waals surface area contributed by atoms with Gasteiger partial charge in [-0.3, -0.25) is 4.79 Å². The molecule has 0 saturated carbocycles. The van der Waals surface area contributed by atoms with E-state index in [0.717, 1.165) is 11.5 Å². The molecule has 0 radical (unpaired) electrons. The topological polar surface area (TPSA) is 32.3 Å². The molecule has 1 saturated heterocycles. The van der Waals surface area contributed by atoms with Crippen molar-refractivity contribution < 1.29 is 4.79 Å². The van der Waals surface area contributed by atoms with E-state index in [2.05, 4.69) is 19.2 Å². The van der Waals surface area contributed by atoms with E-state index in [9.17, 15) is 4.79 Å². The minimum Gasteiger partial charge on any atom is -0.309 e. The van der Waals surface area contributed by atoms with Gasteiger partial charge in [-0.15, -0.1) is 11.3 Å². The summed E-state index contributed by atoms with van der Waals surface area (Å²) in [5, 5.41) is 6.47. The van der Waals surface area contributed by atoms with Crippen molar-refractivity contribution in [2.75, 3.05) is 11.4 Å². The molecule has 2 heterocycles. The molecule has 1 aliphatic heterocycles. The Morgan fingerprint density at radius 3 is 3.00 bits per heavy atom. The highest BCUT2D eigenvalue weighted by Gasteiger charge is 2.30. The molecule has 15 heavy (non-hydrogen) atoms. The van der Waals surface area contributed by atoms with Gasteiger partial charge in [0.2, 0.25) is 5.91 Å². The zero-order valence-corrected chi connectivity index (χ0v) is 9.88. The van der Waals surface area contributed by atoms with Gasteiger partial charge in [-0.2, -0.15) is 0 Å². The van der Waals surface area contributed by atoms with Gasteiger partial charge in [0, 0.05) is 25.0 Å². The van der Waals surface area contributed by atoms with Crippen molar-refractivity contribution in [3.8, 4) is 0 Å². The highest BCUT2D eigenvalue weighted by molar-refractivity contribution is 7.14. The lowest BCUT2D eigenvalue weighted by Crippen LogP contribution is -2.36. The maximum Gasteiger partial charge on any atom is 0.229 e. The Morgan fingerprint density at radius 1 is 1.60 bits per heavy atom. The molecule has 82 valence electrons. The Hall–Kier alpha value is -0.870. The van der Waals surface area contributed by atoms with Crippen LogP contribution in [0.2, 0.25) is 0 Å². The summed E-state index contributed by atoms with van der Waals surface area (Å²) in [4.78, 5) is 13.6. The highest BCUT2D eigenvalue weighted by Crippen LogP contribution is 2.26. The van der Waals surface area contributed by atoms with E-state index in [1.165, 1.54) is 0 Å². The molecule has 1 aromatic heterocycles. The van der Waals surface area contributed by atoms with Crippen LogP contribution in [0.4, 0.5) is 5.00 Å². The van der Waals surface area contributed by atoms with Gasteiger partial charge in [0.05, 0.1) is 5.00 Å². The first-order valence-electron chi connectivity index (χ1n) is 5.26. The number of carbonyl (C=O) groups excluding carboxylic acids is 1. The maximum atomic E-state index is 11.8. The number of hydrogen-bond acceptors (Lipinski definition) is 3. The van der Waals surface area contributed by atoms with Crippen LogP contribution in [0.5, 0.6) is 0 Å². The Kier molecular flexibility index (Phi) is 3.07. The molecule has 1 unspecified atom stereocenters. The third kappa shape index (κ3) is 2.38. The van der Waals surface area contributed by atoms with Crippen LogP contribution in [0.3, 0.4) is 0 Å². The summed E-state index contributed by atoms with van der Waals surface area (Å²) in [6.45, 7) is 5.02. The van der Waals surface area contributed by atoms with Crippen molar-refractivity contribution in [2.45, 2.75) is 32.4 Å². The van der Waals surface area contributed by atoms with Crippen LogP contribution in [-0.2, 0) is 4.79 Å². The van der Waals surface area contributed by atoms with E-state index < -0.39 is 0 Å². The highest BCUT2D eigenvalue weighted by atomic mass is 32.1. The molecule has 1 aromatic rings. The van der Waals surface area contributed by atoms with Crippen LogP contribution in [0, 0.1) is 0 Å². The minimum absolute atomic E-state index is 0.232. The molecule has 0 spiro atoms. The molecule has 2 rings (SSSR count). The monoisotopic (exact) mass is 224 g/mol. The number of nitrogens with zero attached hydrogens (tertiary/aromatic N) is 1. The maximum absolute atomic E-state index is 11.8. The first kappa shape index (κ1) is 10.6. The second-order valence-corrected chi connectivity index (χ2v) is 5.10. The molecule has 1 aliphatic rings. The average molecular weight is 224 g/mol. The molecule has 1 amide bonds. The van der Waals surface area contributed by atoms with Gasteiger partial charge in [-0.25, -0.2) is 0 Å². The first-order valence-corrected chi connectivity index (χ1v) is 6.14. The number of hydrogen-bond donors (Lipinski definition) is 1. The van der Waals surface area contributed by atoms with Crippen LogP contribution < -0.4 is 10.2 Å². The van der Waals surface area contributed by atoms with E-state index in [4.69, 9.17) is 0 Å². The zero-order chi connectivity index (χ0) is 10.8. The predicted molar refractivity (Wildman–Crippen MR) is 63.3 cm³/mol. The van der Waals surface area contributed by atoms with Gasteiger partial charge >= 0.3 is 0 Å². The SMILES string of the molecule is CC(C)NC1CC(=O)N(c2cccs2)C1. The summed E-state index contributed by atoms with van der Waals surface area (Å²) in [6, 6.07) is 4.72. The summed E-state index contributed by atoms with van der Waals surface area (Å²) in [7, 11) is 0. The predicted octanol–water partition coefficient (Wildman–Crippen LogP) is 1.85. The van der Waals surface area contributed by atoms with Crippen molar-refractivity contribution >= 4 is 22.2 Å². The quantitative estimate of drug-likeness (QED) is 0.850. The molecule has 4 heteroatoms. The van der Waals surface area contributed by atoms with Gasteiger partial charge in [0.1, 0.15) is 0 Å². The number of nitrogens with one attached hydrogen (secondary N) is 1. The van der Waals surface area contributed by atoms with Crippen LogP contribution in [-0.4, -0.2) is 24.5 Å². The number of carbonyl (C=O) groups is 1. The van der Waals surface area contributed by atoms with Crippen molar-refractivity contribution in [1.82, 2.24) is 5.32 Å². The van der Waals surface area contributed by atoms with Crippen LogP contribution >= 0.6 is 11.3 Å². The largest absolute Gasteiger partial charge is 0.309 e. The number of anilines is 1. The molecular weight excluding hydrogens is 208 g/mol. The minimum atomic E-state index is 0.232. The van der Waals surface area contributed by atoms with E-state index in [1.807, 2.05) is 22.4 Å². The molecule has 0 aliphatic carbocycles. The van der Waals surface area contributed by atoms with Crippen molar-refractivity contribution in [3.63, 3.8) is 0 Å². The van der Waals surface area contributed by atoms with Crippen molar-refractivity contribution in [3.05, 3.63) is 17.5 Å². The number of thiophene rings is 1. The Morgan fingerprint density at radius 2 is 2.40 bits per heavy atom. The third-order valence-corrected chi connectivity index (χ3v) is 3.36. The Labute approximate surface area is 94.1 Å². The fourth-order valence-electron chi connectivity index (χ4n) is 1.93. The lowest BCUT2D eigenvalue weighted by atomic mass is 10.2. The fourth-order valence-corrected chi connectivity index (χ4v) is 2.68. The second kappa shape index (κ2) is 4.33. The van der Waals surface area contributed by atoms with Crippen molar-refractivity contribution in [1.29, 1.82) is 0 Å². The van der Waals surface area contributed by atoms with Crippen LogP contribution in [0.1, 0.15) is 20.3 Å². The molecule has 0 bridgehead atoms. The fraction of sp³-hybridized carbons (Fsp3) is 0.545. The van der Waals surface area contributed by atoms with Gasteiger partial charge in [0.15, 0.2) is 0 Å². The van der Waals surface area contributed by atoms with E-state index in [0.29, 0.717) is 18.5 Å². The number of rotatable bonds is 3. The normalized spacial score (nSPS) is 21.7. The first-order chi connectivity index (χ1) is 7.16. The second-order valence-electron chi connectivity index (χ2n) is 4.18. The average Bonchev–Trinajstić information content (AvgIpc) is 2.72. The molecular formula is C11H16N2OS. The van der Waals surface area contributed by atoms with E-state index in [1.54, 1.807) is 11.3 Å². The van der Waals surface area contributed by atoms with E-state index in [-0.39, 0.29) is 5.91 Å². The van der Waals surface area contributed by atoms with Gasteiger partial charge in [-0.1, -0.05) is 13.8 Å². The van der Waals surface area contributed by atoms with Gasteiger partial charge < -0.3 is 10.2 Å². The molecule has 3 nitrogen and oxygen atoms in total. The van der Waals surface area contributed by atoms with Crippen LogP contribution in [0.15, 0.2) is 17.5 Å². The van der Waals surface area contributed by atoms with Gasteiger partial charge in [0.25, 0.3) is 0 Å². The summed E-state index contributed by atoms with van der Waals surface area (Å²) >= 11 is 1.62. The Bertz CT molecular complexity index is 334. The molecule has 1 atom stereocenters. The number of amides is 1. The van der Waals surface area contributed by atoms with E-state index >= 15 is 0 Å². The summed E-state index contributed by atoms with van der Waals surface area (Å²) < 4.78 is 0. The smallest absolute Gasteiger partial charge is 0.229 e. The lowest BCUT2D eigenvalue weighted by molar-refractivity contribution is -0.117. The van der Waals surface area contributed by atoms with Gasteiger partial charge in [-0.05, 0) is 17.5 Å². The Balaban J connectivity index is 2.02. The standard InChI is InChI=1S/C11H16N2OS/c1-8(2)12-9-6-10(14)13(7-9)11-4-3-5-15-11/h3-5,8-9,12H,6-7H2,1-2H3. The lowest BCUT2D eigenvalue weighted by Gasteiger charge is -2.16. The molecule has 1 fully saturated rings.